The van der Waals surface area contributed by atoms with E-state index in [0.29, 0.717) is 11.0 Å². The Morgan fingerprint density at radius 2 is 2.12 bits per heavy atom. The predicted molar refractivity (Wildman–Crippen MR) is 72.9 cm³/mol. The summed E-state index contributed by atoms with van der Waals surface area (Å²) in [5, 5.41) is 5.95. The van der Waals surface area contributed by atoms with E-state index >= 15 is 0 Å². The van der Waals surface area contributed by atoms with E-state index in [9.17, 15) is 0 Å². The smallest absolute Gasteiger partial charge is 0.137 e. The fraction of sp³-hybridized carbons (Fsp3) is 0.333. The second-order valence-corrected chi connectivity index (χ2v) is 5.25. The number of nitrogens with zero attached hydrogens (tertiary/aromatic N) is 2. The molecule has 90 valence electrons. The number of rotatable bonds is 3. The minimum absolute atomic E-state index is 0.221. The molecule has 0 radical (unpaired) electrons. The van der Waals surface area contributed by atoms with Crippen molar-refractivity contribution in [1.82, 2.24) is 9.97 Å². The summed E-state index contributed by atoms with van der Waals surface area (Å²) in [5.74, 6) is 1.49. The number of aromatic nitrogens is 2. The first-order valence-corrected chi connectivity index (χ1v) is 6.64. The molecule has 0 aliphatic carbocycles. The molecule has 1 unspecified atom stereocenters. The van der Waals surface area contributed by atoms with Gasteiger partial charge in [-0.1, -0.05) is 17.7 Å². The Labute approximate surface area is 110 Å². The topological polar surface area (TPSA) is 37.8 Å². The van der Waals surface area contributed by atoms with Crippen molar-refractivity contribution in [3.05, 3.63) is 38.9 Å². The van der Waals surface area contributed by atoms with Gasteiger partial charge in [0, 0.05) is 10.4 Å². The summed E-state index contributed by atoms with van der Waals surface area (Å²) in [7, 11) is 0. The molecule has 0 amide bonds. The van der Waals surface area contributed by atoms with Gasteiger partial charge in [-0.05, 0) is 32.2 Å². The highest BCUT2D eigenvalue weighted by Crippen LogP contribution is 2.26. The maximum Gasteiger partial charge on any atom is 0.137 e. The average molecular weight is 268 g/mol. The SMILES string of the molecule is Cc1nc(Cl)c(C)c(NC(C)c2cccs2)n1. The molecule has 17 heavy (non-hydrogen) atoms. The van der Waals surface area contributed by atoms with E-state index in [2.05, 4.69) is 33.7 Å². The first kappa shape index (κ1) is 12.3. The van der Waals surface area contributed by atoms with Crippen LogP contribution in [-0.2, 0) is 0 Å². The van der Waals surface area contributed by atoms with Gasteiger partial charge in [0.05, 0.1) is 6.04 Å². The molecule has 0 saturated heterocycles. The maximum absolute atomic E-state index is 6.04. The van der Waals surface area contributed by atoms with Crippen LogP contribution in [0, 0.1) is 13.8 Å². The molecule has 2 aromatic heterocycles. The van der Waals surface area contributed by atoms with Gasteiger partial charge < -0.3 is 5.32 Å². The van der Waals surface area contributed by atoms with Gasteiger partial charge in [-0.15, -0.1) is 11.3 Å². The summed E-state index contributed by atoms with van der Waals surface area (Å²) in [6, 6.07) is 4.37. The van der Waals surface area contributed by atoms with E-state index in [1.54, 1.807) is 11.3 Å². The quantitative estimate of drug-likeness (QED) is 0.855. The van der Waals surface area contributed by atoms with Crippen LogP contribution >= 0.6 is 22.9 Å². The lowest BCUT2D eigenvalue weighted by Gasteiger charge is -2.15. The number of anilines is 1. The highest BCUT2D eigenvalue weighted by atomic mass is 35.5. The lowest BCUT2D eigenvalue weighted by molar-refractivity contribution is 0.881. The van der Waals surface area contributed by atoms with Crippen molar-refractivity contribution < 1.29 is 0 Å². The molecule has 0 aliphatic rings. The number of hydrogen-bond acceptors (Lipinski definition) is 4. The summed E-state index contributed by atoms with van der Waals surface area (Å²) >= 11 is 7.76. The van der Waals surface area contributed by atoms with Crippen molar-refractivity contribution in [3.8, 4) is 0 Å². The van der Waals surface area contributed by atoms with E-state index in [1.807, 2.05) is 19.9 Å². The van der Waals surface area contributed by atoms with Crippen molar-refractivity contribution in [2.75, 3.05) is 5.32 Å². The zero-order valence-electron chi connectivity index (χ0n) is 9.99. The largest absolute Gasteiger partial charge is 0.362 e. The molecule has 0 bridgehead atoms. The zero-order valence-corrected chi connectivity index (χ0v) is 11.6. The number of thiophene rings is 1. The summed E-state index contributed by atoms with van der Waals surface area (Å²) in [6.45, 7) is 5.87. The fourth-order valence-corrected chi connectivity index (χ4v) is 2.49. The third-order valence-electron chi connectivity index (χ3n) is 2.52. The van der Waals surface area contributed by atoms with E-state index in [4.69, 9.17) is 11.6 Å². The number of aryl methyl sites for hydroxylation is 1. The van der Waals surface area contributed by atoms with Gasteiger partial charge in [0.15, 0.2) is 0 Å². The van der Waals surface area contributed by atoms with E-state index in [-0.39, 0.29) is 6.04 Å². The van der Waals surface area contributed by atoms with Gasteiger partial charge in [-0.3, -0.25) is 0 Å². The Hall–Kier alpha value is -1.13. The van der Waals surface area contributed by atoms with Crippen molar-refractivity contribution in [2.24, 2.45) is 0 Å². The molecule has 3 nitrogen and oxygen atoms in total. The molecule has 0 aromatic carbocycles. The Kier molecular flexibility index (Phi) is 3.64. The lowest BCUT2D eigenvalue weighted by Crippen LogP contribution is -2.09. The Balaban J connectivity index is 2.24. The summed E-state index contributed by atoms with van der Waals surface area (Å²) < 4.78 is 0. The predicted octanol–water partition coefficient (Wildman–Crippen LogP) is 3.98. The number of nitrogens with one attached hydrogen (secondary N) is 1. The first-order valence-electron chi connectivity index (χ1n) is 5.38. The van der Waals surface area contributed by atoms with Crippen LogP contribution in [0.25, 0.3) is 0 Å². The van der Waals surface area contributed by atoms with Gasteiger partial charge in [0.25, 0.3) is 0 Å². The van der Waals surface area contributed by atoms with Crippen molar-refractivity contribution >= 4 is 28.8 Å². The second-order valence-electron chi connectivity index (χ2n) is 3.92. The molecular weight excluding hydrogens is 254 g/mol. The van der Waals surface area contributed by atoms with Gasteiger partial charge >= 0.3 is 0 Å². The second kappa shape index (κ2) is 5.02. The van der Waals surface area contributed by atoms with Crippen LogP contribution in [0.15, 0.2) is 17.5 Å². The van der Waals surface area contributed by atoms with Crippen LogP contribution < -0.4 is 5.32 Å². The van der Waals surface area contributed by atoms with Gasteiger partial charge in [-0.25, -0.2) is 9.97 Å². The monoisotopic (exact) mass is 267 g/mol. The molecular formula is C12H14ClN3S. The normalized spacial score (nSPS) is 12.5. The molecule has 1 atom stereocenters. The van der Waals surface area contributed by atoms with Crippen LogP contribution in [0.2, 0.25) is 5.15 Å². The highest BCUT2D eigenvalue weighted by molar-refractivity contribution is 7.10. The first-order chi connectivity index (χ1) is 8.08. The molecule has 0 aliphatic heterocycles. The van der Waals surface area contributed by atoms with Crippen molar-refractivity contribution in [3.63, 3.8) is 0 Å². The summed E-state index contributed by atoms with van der Waals surface area (Å²) in [5.41, 5.74) is 0.890. The summed E-state index contributed by atoms with van der Waals surface area (Å²) in [6.07, 6.45) is 0. The Morgan fingerprint density at radius 1 is 1.35 bits per heavy atom. The average Bonchev–Trinajstić information content (AvgIpc) is 2.78. The molecule has 2 aromatic rings. The minimum Gasteiger partial charge on any atom is -0.362 e. The van der Waals surface area contributed by atoms with Crippen LogP contribution in [-0.4, -0.2) is 9.97 Å². The molecule has 0 fully saturated rings. The Bertz CT molecular complexity index is 511. The van der Waals surface area contributed by atoms with Crippen molar-refractivity contribution in [1.29, 1.82) is 0 Å². The molecule has 0 saturated carbocycles. The standard InChI is InChI=1S/C12H14ClN3S/c1-7-11(13)15-9(3)16-12(7)14-8(2)10-5-4-6-17-10/h4-6,8H,1-3H3,(H,14,15,16). The third kappa shape index (κ3) is 2.76. The minimum atomic E-state index is 0.221. The molecule has 0 spiro atoms. The number of halogens is 1. The van der Waals surface area contributed by atoms with Crippen molar-refractivity contribution in [2.45, 2.75) is 26.8 Å². The molecule has 2 rings (SSSR count). The molecule has 5 heteroatoms. The van der Waals surface area contributed by atoms with Gasteiger partial charge in [0.1, 0.15) is 16.8 Å². The van der Waals surface area contributed by atoms with Gasteiger partial charge in [-0.2, -0.15) is 0 Å². The fourth-order valence-electron chi connectivity index (χ4n) is 1.55. The van der Waals surface area contributed by atoms with Crippen LogP contribution in [0.3, 0.4) is 0 Å². The molecule has 1 N–H and O–H groups in total. The van der Waals surface area contributed by atoms with Crippen LogP contribution in [0.4, 0.5) is 5.82 Å². The van der Waals surface area contributed by atoms with E-state index in [0.717, 1.165) is 11.4 Å². The highest BCUT2D eigenvalue weighted by Gasteiger charge is 2.11. The lowest BCUT2D eigenvalue weighted by atomic mass is 10.2. The van der Waals surface area contributed by atoms with E-state index < -0.39 is 0 Å². The zero-order chi connectivity index (χ0) is 12.4. The van der Waals surface area contributed by atoms with Crippen LogP contribution in [0.1, 0.15) is 29.2 Å². The summed E-state index contributed by atoms with van der Waals surface area (Å²) in [4.78, 5) is 9.78. The maximum atomic E-state index is 6.04. The molecule has 2 heterocycles. The Morgan fingerprint density at radius 3 is 2.76 bits per heavy atom. The number of hydrogen-bond donors (Lipinski definition) is 1. The van der Waals surface area contributed by atoms with E-state index in [1.165, 1.54) is 4.88 Å². The van der Waals surface area contributed by atoms with Crippen LogP contribution in [0.5, 0.6) is 0 Å². The van der Waals surface area contributed by atoms with Gasteiger partial charge in [0.2, 0.25) is 0 Å². The third-order valence-corrected chi connectivity index (χ3v) is 3.94.